The van der Waals surface area contributed by atoms with Crippen LogP contribution in [0.2, 0.25) is 0 Å². The van der Waals surface area contributed by atoms with Crippen molar-refractivity contribution in [2.75, 3.05) is 24.6 Å². The molecule has 2 N–H and O–H groups in total. The molecule has 1 aliphatic carbocycles. The first-order valence-electron chi connectivity index (χ1n) is 9.33. The zero-order chi connectivity index (χ0) is 17.2. The van der Waals surface area contributed by atoms with E-state index in [2.05, 4.69) is 10.2 Å². The number of fused-ring (bicyclic) bond motifs is 1. The average Bonchev–Trinajstić information content (AvgIpc) is 3.34. The molecule has 1 atom stereocenters. The summed E-state index contributed by atoms with van der Waals surface area (Å²) in [7, 11) is 0. The van der Waals surface area contributed by atoms with Gasteiger partial charge in [0.25, 0.3) is 5.91 Å². The van der Waals surface area contributed by atoms with E-state index in [1.54, 1.807) is 0 Å². The number of anilines is 1. The third-order valence-electron chi connectivity index (χ3n) is 5.30. The van der Waals surface area contributed by atoms with E-state index in [9.17, 15) is 9.90 Å². The van der Waals surface area contributed by atoms with Crippen molar-refractivity contribution in [2.45, 2.75) is 38.1 Å². The van der Waals surface area contributed by atoms with Gasteiger partial charge in [-0.05, 0) is 50.2 Å². The number of carbonyl (C=O) groups is 1. The van der Waals surface area contributed by atoms with E-state index in [1.807, 2.05) is 30.3 Å². The molecule has 1 saturated heterocycles. The Morgan fingerprint density at radius 2 is 2.04 bits per heavy atom. The summed E-state index contributed by atoms with van der Waals surface area (Å²) < 4.78 is 0. The van der Waals surface area contributed by atoms with Gasteiger partial charge < -0.3 is 15.3 Å². The van der Waals surface area contributed by atoms with Crippen molar-refractivity contribution in [3.8, 4) is 0 Å². The fourth-order valence-electron chi connectivity index (χ4n) is 3.75. The maximum Gasteiger partial charge on any atom is 0.255 e. The largest absolute Gasteiger partial charge is 0.396 e. The molecule has 1 unspecified atom stereocenters. The quantitative estimate of drug-likeness (QED) is 0.849. The topological polar surface area (TPSA) is 65.5 Å². The van der Waals surface area contributed by atoms with E-state index in [1.165, 1.54) is 0 Å². The molecule has 2 heterocycles. The zero-order valence-electron chi connectivity index (χ0n) is 14.4. The SMILES string of the molecule is O=C(NC(CCO)C1CC1)c1cc2ccccc2nc1N1CCCC1. The fraction of sp³-hybridized carbons (Fsp3) is 0.500. The number of para-hydroxylation sites is 1. The maximum atomic E-state index is 13.0. The van der Waals surface area contributed by atoms with Crippen molar-refractivity contribution in [3.05, 3.63) is 35.9 Å². The summed E-state index contributed by atoms with van der Waals surface area (Å²) in [6.45, 7) is 2.01. The lowest BCUT2D eigenvalue weighted by molar-refractivity contribution is 0.0924. The molecular weight excluding hydrogens is 314 g/mol. The molecule has 25 heavy (non-hydrogen) atoms. The first-order chi connectivity index (χ1) is 12.3. The number of pyridine rings is 1. The van der Waals surface area contributed by atoms with Gasteiger partial charge in [-0.1, -0.05) is 18.2 Å². The van der Waals surface area contributed by atoms with Crippen molar-refractivity contribution >= 4 is 22.6 Å². The van der Waals surface area contributed by atoms with Crippen LogP contribution in [-0.2, 0) is 0 Å². The maximum absolute atomic E-state index is 13.0. The smallest absolute Gasteiger partial charge is 0.255 e. The number of hydrogen-bond donors (Lipinski definition) is 2. The highest BCUT2D eigenvalue weighted by atomic mass is 16.3. The first kappa shape index (κ1) is 16.3. The van der Waals surface area contributed by atoms with Gasteiger partial charge in [-0.25, -0.2) is 4.98 Å². The highest BCUT2D eigenvalue weighted by Crippen LogP contribution is 2.34. The lowest BCUT2D eigenvalue weighted by atomic mass is 10.1. The normalized spacial score (nSPS) is 18.5. The van der Waals surface area contributed by atoms with E-state index >= 15 is 0 Å². The third-order valence-corrected chi connectivity index (χ3v) is 5.30. The molecule has 5 nitrogen and oxygen atoms in total. The second-order valence-corrected chi connectivity index (χ2v) is 7.18. The molecule has 0 radical (unpaired) electrons. The third kappa shape index (κ3) is 3.47. The van der Waals surface area contributed by atoms with Crippen LogP contribution in [0.4, 0.5) is 5.82 Å². The molecule has 0 bridgehead atoms. The van der Waals surface area contributed by atoms with Gasteiger partial charge in [0.05, 0.1) is 11.1 Å². The monoisotopic (exact) mass is 339 g/mol. The molecule has 2 aliphatic rings. The van der Waals surface area contributed by atoms with Crippen LogP contribution in [0.1, 0.15) is 42.5 Å². The van der Waals surface area contributed by atoms with Crippen LogP contribution in [0, 0.1) is 5.92 Å². The first-order valence-corrected chi connectivity index (χ1v) is 9.33. The van der Waals surface area contributed by atoms with Crippen molar-refractivity contribution in [3.63, 3.8) is 0 Å². The summed E-state index contributed by atoms with van der Waals surface area (Å²) in [5.41, 5.74) is 1.58. The average molecular weight is 339 g/mol. The molecule has 1 aromatic heterocycles. The second-order valence-electron chi connectivity index (χ2n) is 7.18. The van der Waals surface area contributed by atoms with Gasteiger partial charge >= 0.3 is 0 Å². The number of nitrogens with zero attached hydrogens (tertiary/aromatic N) is 2. The number of aromatic nitrogens is 1. The number of amides is 1. The summed E-state index contributed by atoms with van der Waals surface area (Å²) in [6.07, 6.45) is 5.19. The zero-order valence-corrected chi connectivity index (χ0v) is 14.4. The molecule has 1 amide bonds. The Hall–Kier alpha value is -2.14. The molecule has 2 fully saturated rings. The van der Waals surface area contributed by atoms with Crippen molar-refractivity contribution < 1.29 is 9.90 Å². The highest BCUT2D eigenvalue weighted by molar-refractivity contribution is 6.02. The summed E-state index contributed by atoms with van der Waals surface area (Å²) in [6, 6.07) is 9.98. The Labute approximate surface area is 148 Å². The minimum atomic E-state index is -0.0643. The lowest BCUT2D eigenvalue weighted by Gasteiger charge is -2.22. The molecule has 1 aromatic carbocycles. The van der Waals surface area contributed by atoms with Crippen LogP contribution in [0.3, 0.4) is 0 Å². The number of hydrogen-bond acceptors (Lipinski definition) is 4. The summed E-state index contributed by atoms with van der Waals surface area (Å²) >= 11 is 0. The number of aliphatic hydroxyl groups is 1. The number of nitrogens with one attached hydrogen (secondary N) is 1. The van der Waals surface area contributed by atoms with E-state index in [0.29, 0.717) is 17.9 Å². The summed E-state index contributed by atoms with van der Waals surface area (Å²) in [5, 5.41) is 13.4. The number of carbonyl (C=O) groups excluding carboxylic acids is 1. The van der Waals surface area contributed by atoms with Gasteiger partial charge in [-0.2, -0.15) is 0 Å². The van der Waals surface area contributed by atoms with Crippen LogP contribution >= 0.6 is 0 Å². The van der Waals surface area contributed by atoms with Gasteiger partial charge in [-0.15, -0.1) is 0 Å². The van der Waals surface area contributed by atoms with Gasteiger partial charge in [0.1, 0.15) is 5.82 Å². The van der Waals surface area contributed by atoms with E-state index < -0.39 is 0 Å². The van der Waals surface area contributed by atoms with Gasteiger partial charge in [0.2, 0.25) is 0 Å². The van der Waals surface area contributed by atoms with E-state index in [4.69, 9.17) is 4.98 Å². The Morgan fingerprint density at radius 1 is 1.28 bits per heavy atom. The molecule has 5 heteroatoms. The van der Waals surface area contributed by atoms with Crippen LogP contribution in [-0.4, -0.2) is 41.7 Å². The molecule has 1 saturated carbocycles. The van der Waals surface area contributed by atoms with Crippen molar-refractivity contribution in [1.82, 2.24) is 10.3 Å². The van der Waals surface area contributed by atoms with Gasteiger partial charge in [0.15, 0.2) is 0 Å². The molecule has 4 rings (SSSR count). The predicted octanol–water partition coefficient (Wildman–Crippen LogP) is 2.73. The lowest BCUT2D eigenvalue weighted by Crippen LogP contribution is -2.38. The molecule has 132 valence electrons. The van der Waals surface area contributed by atoms with Crippen molar-refractivity contribution in [1.29, 1.82) is 0 Å². The van der Waals surface area contributed by atoms with Crippen LogP contribution in [0.25, 0.3) is 10.9 Å². The molecule has 1 aliphatic heterocycles. The highest BCUT2D eigenvalue weighted by Gasteiger charge is 2.33. The number of aliphatic hydroxyl groups excluding tert-OH is 1. The van der Waals surface area contributed by atoms with Crippen LogP contribution < -0.4 is 10.2 Å². The molecule has 0 spiro atoms. The second kappa shape index (κ2) is 7.00. The Balaban J connectivity index is 1.68. The van der Waals surface area contributed by atoms with Crippen LogP contribution in [0.5, 0.6) is 0 Å². The summed E-state index contributed by atoms with van der Waals surface area (Å²) in [4.78, 5) is 20.1. The Bertz CT molecular complexity index is 767. The fourth-order valence-corrected chi connectivity index (χ4v) is 3.75. The summed E-state index contributed by atoms with van der Waals surface area (Å²) in [5.74, 6) is 1.25. The Morgan fingerprint density at radius 3 is 2.76 bits per heavy atom. The molecule has 2 aromatic rings. The number of rotatable bonds is 6. The van der Waals surface area contributed by atoms with Gasteiger partial charge in [-0.3, -0.25) is 4.79 Å². The van der Waals surface area contributed by atoms with E-state index in [-0.39, 0.29) is 18.6 Å². The number of benzene rings is 1. The standard InChI is InChI=1S/C20H25N3O2/c24-12-9-18(14-7-8-14)22-20(25)16-13-15-5-1-2-6-17(15)21-19(16)23-10-3-4-11-23/h1-2,5-6,13-14,18,24H,3-4,7-12H2,(H,22,25). The minimum absolute atomic E-state index is 0.0643. The van der Waals surface area contributed by atoms with Gasteiger partial charge in [0, 0.05) is 31.1 Å². The van der Waals surface area contributed by atoms with E-state index in [0.717, 1.165) is 55.5 Å². The van der Waals surface area contributed by atoms with Crippen LogP contribution in [0.15, 0.2) is 30.3 Å². The minimum Gasteiger partial charge on any atom is -0.396 e. The Kier molecular flexibility index (Phi) is 4.57. The van der Waals surface area contributed by atoms with Crippen molar-refractivity contribution in [2.24, 2.45) is 5.92 Å². The predicted molar refractivity (Wildman–Crippen MR) is 98.9 cm³/mol. The molecular formula is C20H25N3O2.